The van der Waals surface area contributed by atoms with E-state index >= 15 is 0 Å². The van der Waals surface area contributed by atoms with Crippen molar-refractivity contribution < 1.29 is 14.3 Å². The van der Waals surface area contributed by atoms with Gasteiger partial charge < -0.3 is 4.74 Å². The van der Waals surface area contributed by atoms with E-state index in [9.17, 15) is 9.59 Å². The molecule has 0 fully saturated rings. The van der Waals surface area contributed by atoms with Crippen LogP contribution in [0.3, 0.4) is 0 Å². The molecule has 0 unspecified atom stereocenters. The Hall–Kier alpha value is -2.62. The molecule has 0 aromatic heterocycles. The number of amides is 1. The fourth-order valence-electron chi connectivity index (χ4n) is 2.69. The molecule has 2 aromatic rings. The Balaban J connectivity index is 1.98. The van der Waals surface area contributed by atoms with Gasteiger partial charge in [0, 0.05) is 5.56 Å². The Morgan fingerprint density at radius 2 is 1.83 bits per heavy atom. The van der Waals surface area contributed by atoms with Crippen LogP contribution in [0.5, 0.6) is 5.75 Å². The van der Waals surface area contributed by atoms with Gasteiger partial charge in [0.05, 0.1) is 12.2 Å². The van der Waals surface area contributed by atoms with E-state index < -0.39 is 5.60 Å². The maximum Gasteiger partial charge on any atom is 0.271 e. The molecular weight excluding hydrogens is 290 g/mol. The maximum atomic E-state index is 12.7. The van der Waals surface area contributed by atoms with Gasteiger partial charge >= 0.3 is 0 Å². The van der Waals surface area contributed by atoms with Crippen LogP contribution in [0.4, 0.5) is 5.69 Å². The Kier molecular flexibility index (Phi) is 3.68. The van der Waals surface area contributed by atoms with Gasteiger partial charge in [0.15, 0.2) is 11.4 Å². The van der Waals surface area contributed by atoms with Crippen molar-refractivity contribution >= 4 is 17.4 Å². The molecule has 1 aliphatic heterocycles. The van der Waals surface area contributed by atoms with Crippen molar-refractivity contribution in [1.82, 2.24) is 0 Å². The minimum Gasteiger partial charge on any atom is -0.476 e. The number of anilines is 1. The van der Waals surface area contributed by atoms with Gasteiger partial charge in [0.1, 0.15) is 5.75 Å². The van der Waals surface area contributed by atoms with Crippen LogP contribution in [0, 0.1) is 6.92 Å². The van der Waals surface area contributed by atoms with Crippen LogP contribution in [0.2, 0.25) is 0 Å². The first kappa shape index (κ1) is 15.3. The van der Waals surface area contributed by atoms with E-state index in [0.29, 0.717) is 17.0 Å². The number of hydrogen-bond acceptors (Lipinski definition) is 3. The fraction of sp³-hybridized carbons (Fsp3) is 0.263. The molecule has 1 amide bonds. The summed E-state index contributed by atoms with van der Waals surface area (Å²) < 4.78 is 5.80. The third kappa shape index (κ3) is 2.84. The second-order valence-electron chi connectivity index (χ2n) is 6.26. The molecule has 0 spiro atoms. The number of ether oxygens (including phenoxy) is 1. The quantitative estimate of drug-likeness (QED) is 0.817. The molecule has 2 aromatic carbocycles. The summed E-state index contributed by atoms with van der Waals surface area (Å²) in [7, 11) is 0. The van der Waals surface area contributed by atoms with E-state index in [1.165, 1.54) is 4.90 Å². The van der Waals surface area contributed by atoms with E-state index in [1.807, 2.05) is 43.3 Å². The first-order valence-corrected chi connectivity index (χ1v) is 7.58. The molecule has 1 aliphatic rings. The van der Waals surface area contributed by atoms with E-state index in [1.54, 1.807) is 26.0 Å². The summed E-state index contributed by atoms with van der Waals surface area (Å²) in [4.78, 5) is 26.8. The van der Waals surface area contributed by atoms with Gasteiger partial charge in [-0.25, -0.2) is 0 Å². The van der Waals surface area contributed by atoms with E-state index in [0.717, 1.165) is 5.56 Å². The number of aryl methyl sites for hydroxylation is 1. The number of benzene rings is 2. The van der Waals surface area contributed by atoms with E-state index in [2.05, 4.69) is 0 Å². The summed E-state index contributed by atoms with van der Waals surface area (Å²) >= 11 is 0. The van der Waals surface area contributed by atoms with Crippen LogP contribution in [-0.2, 0) is 4.79 Å². The summed E-state index contributed by atoms with van der Waals surface area (Å²) in [5.41, 5.74) is 1.27. The monoisotopic (exact) mass is 309 g/mol. The molecule has 0 bridgehead atoms. The molecule has 0 aliphatic carbocycles. The van der Waals surface area contributed by atoms with Crippen molar-refractivity contribution in [2.75, 3.05) is 11.4 Å². The number of carbonyl (C=O) groups is 2. The van der Waals surface area contributed by atoms with Gasteiger partial charge in [-0.3, -0.25) is 14.5 Å². The lowest BCUT2D eigenvalue weighted by atomic mass is 10.0. The van der Waals surface area contributed by atoms with Crippen LogP contribution in [0.1, 0.15) is 29.8 Å². The van der Waals surface area contributed by atoms with Crippen LogP contribution < -0.4 is 9.64 Å². The summed E-state index contributed by atoms with van der Waals surface area (Å²) in [6, 6.07) is 14.7. The van der Waals surface area contributed by atoms with Crippen molar-refractivity contribution in [2.45, 2.75) is 26.4 Å². The number of nitrogens with zero attached hydrogens (tertiary/aromatic N) is 1. The van der Waals surface area contributed by atoms with Crippen molar-refractivity contribution in [3.05, 3.63) is 59.7 Å². The highest BCUT2D eigenvalue weighted by Crippen LogP contribution is 2.38. The topological polar surface area (TPSA) is 46.6 Å². The van der Waals surface area contributed by atoms with Gasteiger partial charge in [-0.05, 0) is 38.5 Å². The van der Waals surface area contributed by atoms with E-state index in [-0.39, 0.29) is 18.2 Å². The Labute approximate surface area is 135 Å². The zero-order chi connectivity index (χ0) is 16.6. The molecule has 3 rings (SSSR count). The van der Waals surface area contributed by atoms with Crippen molar-refractivity contribution in [3.63, 3.8) is 0 Å². The van der Waals surface area contributed by atoms with Crippen LogP contribution in [0.15, 0.2) is 48.5 Å². The molecule has 4 heteroatoms. The smallest absolute Gasteiger partial charge is 0.271 e. The highest BCUT2D eigenvalue weighted by Gasteiger charge is 2.41. The van der Waals surface area contributed by atoms with Gasteiger partial charge in [-0.1, -0.05) is 36.4 Å². The van der Waals surface area contributed by atoms with Crippen molar-refractivity contribution in [3.8, 4) is 5.75 Å². The first-order valence-electron chi connectivity index (χ1n) is 7.58. The molecule has 23 heavy (non-hydrogen) atoms. The number of carbonyl (C=O) groups excluding carboxylic acids is 2. The fourth-order valence-corrected chi connectivity index (χ4v) is 2.69. The van der Waals surface area contributed by atoms with Crippen LogP contribution >= 0.6 is 0 Å². The predicted octanol–water partition coefficient (Wildman–Crippen LogP) is 3.38. The number of Topliss-reactive ketones (excluding diaryl/α,β-unsaturated/α-hetero) is 1. The molecule has 0 saturated heterocycles. The lowest BCUT2D eigenvalue weighted by Crippen LogP contribution is -2.53. The highest BCUT2D eigenvalue weighted by atomic mass is 16.5. The molecule has 0 N–H and O–H groups in total. The van der Waals surface area contributed by atoms with Gasteiger partial charge in [-0.15, -0.1) is 0 Å². The summed E-state index contributed by atoms with van der Waals surface area (Å²) in [6.45, 7) is 5.39. The summed E-state index contributed by atoms with van der Waals surface area (Å²) in [5.74, 6) is 0.324. The average molecular weight is 309 g/mol. The summed E-state index contributed by atoms with van der Waals surface area (Å²) in [5, 5.41) is 0. The molecular formula is C19H19NO3. The van der Waals surface area contributed by atoms with E-state index in [4.69, 9.17) is 4.74 Å². The summed E-state index contributed by atoms with van der Waals surface area (Å²) in [6.07, 6.45) is 0. The molecule has 1 heterocycles. The maximum absolute atomic E-state index is 12.7. The SMILES string of the molecule is Cc1ccc2c(c1)N(CC(=O)c1ccccc1)C(=O)C(C)(C)O2. The second kappa shape index (κ2) is 5.54. The number of hydrogen-bond donors (Lipinski definition) is 0. The number of ketones is 1. The lowest BCUT2D eigenvalue weighted by molar-refractivity contribution is -0.132. The molecule has 0 saturated carbocycles. The Morgan fingerprint density at radius 3 is 2.52 bits per heavy atom. The molecule has 4 nitrogen and oxygen atoms in total. The number of fused-ring (bicyclic) bond motifs is 1. The lowest BCUT2D eigenvalue weighted by Gasteiger charge is -2.38. The van der Waals surface area contributed by atoms with Gasteiger partial charge in [0.2, 0.25) is 0 Å². The molecule has 118 valence electrons. The molecule has 0 radical (unpaired) electrons. The second-order valence-corrected chi connectivity index (χ2v) is 6.26. The third-order valence-electron chi connectivity index (χ3n) is 3.93. The van der Waals surface area contributed by atoms with Crippen LogP contribution in [0.25, 0.3) is 0 Å². The zero-order valence-corrected chi connectivity index (χ0v) is 13.5. The number of rotatable bonds is 3. The highest BCUT2D eigenvalue weighted by molar-refractivity contribution is 6.09. The Morgan fingerprint density at radius 1 is 1.13 bits per heavy atom. The minimum absolute atomic E-state index is 0.00604. The third-order valence-corrected chi connectivity index (χ3v) is 3.93. The van der Waals surface area contributed by atoms with Crippen molar-refractivity contribution in [1.29, 1.82) is 0 Å². The van der Waals surface area contributed by atoms with Gasteiger partial charge in [-0.2, -0.15) is 0 Å². The minimum atomic E-state index is -0.987. The largest absolute Gasteiger partial charge is 0.476 e. The zero-order valence-electron chi connectivity index (χ0n) is 13.5. The first-order chi connectivity index (χ1) is 10.9. The normalized spacial score (nSPS) is 15.8. The molecule has 0 atom stereocenters. The predicted molar refractivity (Wildman–Crippen MR) is 89.0 cm³/mol. The Bertz CT molecular complexity index is 765. The van der Waals surface area contributed by atoms with Crippen molar-refractivity contribution in [2.24, 2.45) is 0 Å². The van der Waals surface area contributed by atoms with Crippen LogP contribution in [-0.4, -0.2) is 23.8 Å². The average Bonchev–Trinajstić information content (AvgIpc) is 2.53. The van der Waals surface area contributed by atoms with Gasteiger partial charge in [0.25, 0.3) is 5.91 Å². The standard InChI is InChI=1S/C19H19NO3/c1-13-9-10-17-15(11-13)20(18(22)19(2,3)23-17)12-16(21)14-7-5-4-6-8-14/h4-11H,12H2,1-3H3.